The first-order valence-electron chi connectivity index (χ1n) is 14.3. The first-order valence-corrected chi connectivity index (χ1v) is 17.2. The molecule has 0 aromatic carbocycles. The summed E-state index contributed by atoms with van der Waals surface area (Å²) in [6, 6.07) is 0. The second-order valence-electron chi connectivity index (χ2n) is 10.5. The average molecular weight is 463 g/mol. The number of unbranched alkanes of at least 4 members (excludes halogenated alkanes) is 16. The van der Waals surface area contributed by atoms with Crippen LogP contribution in [0, 0.1) is 0 Å². The van der Waals surface area contributed by atoms with Crippen molar-refractivity contribution in [3.05, 3.63) is 0 Å². The maximum Gasteiger partial charge on any atom is -0.412 e. The summed E-state index contributed by atoms with van der Waals surface area (Å²) in [5.74, 6) is 0. The summed E-state index contributed by atoms with van der Waals surface area (Å²) < 4.78 is 0. The molecule has 0 saturated heterocycles. The molecule has 0 atom stereocenters. The second-order valence-corrected chi connectivity index (χ2v) is 16.1. The van der Waals surface area contributed by atoms with E-state index in [0.29, 0.717) is 0 Å². The van der Waals surface area contributed by atoms with E-state index in [-0.39, 0.29) is 5.48 Å². The molecule has 0 aliphatic heterocycles. The third kappa shape index (κ3) is 18.5. The maximum absolute atomic E-state index is 12.1. The van der Waals surface area contributed by atoms with Gasteiger partial charge in [-0.1, -0.05) is 26.2 Å². The normalized spacial score (nSPS) is 13.0. The summed E-state index contributed by atoms with van der Waals surface area (Å²) in [7, 11) is 0. The molecule has 2 nitrogen and oxygen atoms in total. The minimum atomic E-state index is -2.45. The fourth-order valence-corrected chi connectivity index (χ4v) is 10.8. The van der Waals surface area contributed by atoms with Crippen molar-refractivity contribution < 1.29 is 10.4 Å². The third-order valence-corrected chi connectivity index (χ3v) is 13.2. The summed E-state index contributed by atoms with van der Waals surface area (Å²) in [5, 5.41) is 0. The molecule has 192 valence electrons. The van der Waals surface area contributed by atoms with Crippen molar-refractivity contribution in [3.8, 4) is 0 Å². The van der Waals surface area contributed by atoms with Gasteiger partial charge in [-0.2, -0.15) is 0 Å². The zero-order valence-electron chi connectivity index (χ0n) is 22.4. The van der Waals surface area contributed by atoms with Crippen LogP contribution in [0.5, 0.6) is 0 Å². The molecule has 0 spiro atoms. The van der Waals surface area contributed by atoms with Crippen LogP contribution >= 0.6 is 6.83 Å². The number of rotatable bonds is 24. The Morgan fingerprint density at radius 3 is 0.871 bits per heavy atom. The Morgan fingerprint density at radius 2 is 0.581 bits per heavy atom. The predicted molar refractivity (Wildman–Crippen MR) is 147 cm³/mol. The van der Waals surface area contributed by atoms with E-state index in [1.54, 1.807) is 0 Å². The summed E-state index contributed by atoms with van der Waals surface area (Å²) in [5.41, 5.74) is 0. The minimum Gasteiger partial charge on any atom is -0.412 e. The largest absolute Gasteiger partial charge is 0.412 e. The van der Waals surface area contributed by atoms with E-state index in [1.807, 2.05) is 0 Å². The van der Waals surface area contributed by atoms with Gasteiger partial charge in [0.1, 0.15) is 0 Å². The smallest absolute Gasteiger partial charge is 0.412 e. The summed E-state index contributed by atoms with van der Waals surface area (Å²) in [4.78, 5) is 12.1. The number of hydrogen-bond donors (Lipinski definition) is 1. The predicted octanol–water partition coefficient (Wildman–Crippen LogP) is 9.50. The fourth-order valence-electron chi connectivity index (χ4n) is 5.08. The molecule has 0 fully saturated rings. The Balaban J connectivity index is 0. The van der Waals surface area contributed by atoms with Crippen LogP contribution in [0.25, 0.3) is 0 Å². The first-order chi connectivity index (χ1) is 14.5. The fraction of sp³-hybridized carbons (Fsp3) is 1.00. The standard InChI is InChI=1S/C28H61OP.H2O/c1-5-9-13-14-15-16-17-18-19-20-21-22-23-24-28-30(29,25-10-6-2,26-11-7-3)27-12-8-4;/h29H,5-28H2,1-4H3;1H2. The van der Waals surface area contributed by atoms with Crippen molar-refractivity contribution in [1.82, 2.24) is 0 Å². The molecule has 0 aromatic heterocycles. The average Bonchev–Trinajstić information content (AvgIpc) is 2.76. The molecular weight excluding hydrogens is 399 g/mol. The van der Waals surface area contributed by atoms with E-state index in [9.17, 15) is 4.89 Å². The summed E-state index contributed by atoms with van der Waals surface area (Å²) in [6.45, 7) is 6.70. The van der Waals surface area contributed by atoms with Crippen molar-refractivity contribution in [2.45, 2.75) is 156 Å². The Bertz CT molecular complexity index is 334. The van der Waals surface area contributed by atoms with Crippen LogP contribution in [0.4, 0.5) is 0 Å². The molecule has 0 bridgehead atoms. The van der Waals surface area contributed by atoms with Crippen LogP contribution in [-0.4, -0.2) is 35.0 Å². The van der Waals surface area contributed by atoms with E-state index in [1.165, 1.54) is 135 Å². The molecule has 0 amide bonds. The van der Waals surface area contributed by atoms with Crippen molar-refractivity contribution >= 4 is 6.83 Å². The monoisotopic (exact) mass is 462 g/mol. The van der Waals surface area contributed by atoms with Crippen molar-refractivity contribution in [1.29, 1.82) is 0 Å². The Morgan fingerprint density at radius 1 is 0.355 bits per heavy atom. The van der Waals surface area contributed by atoms with Crippen LogP contribution in [-0.2, 0) is 0 Å². The SMILES string of the molecule is CCCCCCCCCCCCCCCCP(O)(CCCC)(CCCC)CCCC.O. The molecule has 0 aromatic rings. The third-order valence-electron chi connectivity index (χ3n) is 7.34. The molecule has 0 radical (unpaired) electrons. The van der Waals surface area contributed by atoms with Gasteiger partial charge in [0.2, 0.25) is 0 Å². The van der Waals surface area contributed by atoms with Crippen molar-refractivity contribution in [3.63, 3.8) is 0 Å². The van der Waals surface area contributed by atoms with Crippen LogP contribution in [0.3, 0.4) is 0 Å². The van der Waals surface area contributed by atoms with Gasteiger partial charge in [-0.05, 0) is 0 Å². The second kappa shape index (κ2) is 22.2. The summed E-state index contributed by atoms with van der Waals surface area (Å²) in [6.07, 6.45) is 31.9. The Kier molecular flexibility index (Phi) is 24.0. The van der Waals surface area contributed by atoms with Crippen LogP contribution in [0.2, 0.25) is 0 Å². The molecule has 3 N–H and O–H groups in total. The molecular formula is C28H63O2P. The molecule has 0 aliphatic rings. The van der Waals surface area contributed by atoms with E-state index in [4.69, 9.17) is 0 Å². The van der Waals surface area contributed by atoms with Crippen LogP contribution in [0.15, 0.2) is 0 Å². The van der Waals surface area contributed by atoms with E-state index in [2.05, 4.69) is 27.7 Å². The zero-order valence-corrected chi connectivity index (χ0v) is 23.3. The molecule has 0 aliphatic carbocycles. The van der Waals surface area contributed by atoms with Crippen LogP contribution < -0.4 is 0 Å². The van der Waals surface area contributed by atoms with E-state index in [0.717, 1.165) is 18.5 Å². The van der Waals surface area contributed by atoms with Gasteiger partial charge in [0.15, 0.2) is 0 Å². The molecule has 0 heterocycles. The van der Waals surface area contributed by atoms with Gasteiger partial charge in [-0.3, -0.25) is 0 Å². The topological polar surface area (TPSA) is 51.7 Å². The van der Waals surface area contributed by atoms with Gasteiger partial charge in [0, 0.05) is 0 Å². The molecule has 31 heavy (non-hydrogen) atoms. The molecule has 0 rings (SSSR count). The van der Waals surface area contributed by atoms with Gasteiger partial charge < -0.3 is 5.48 Å². The van der Waals surface area contributed by atoms with E-state index >= 15 is 0 Å². The van der Waals surface area contributed by atoms with Gasteiger partial charge >= 0.3 is 166 Å². The summed E-state index contributed by atoms with van der Waals surface area (Å²) >= 11 is 0. The van der Waals surface area contributed by atoms with Gasteiger partial charge in [0.05, 0.1) is 0 Å². The number of hydrogen-bond acceptors (Lipinski definition) is 1. The Labute approximate surface area is 198 Å². The van der Waals surface area contributed by atoms with E-state index < -0.39 is 6.83 Å². The Hall–Kier alpha value is 0.350. The minimum absolute atomic E-state index is 0. The zero-order chi connectivity index (χ0) is 22.4. The molecule has 0 unspecified atom stereocenters. The maximum atomic E-state index is 12.1. The molecule has 0 saturated carbocycles. The van der Waals surface area contributed by atoms with Gasteiger partial charge in [-0.15, -0.1) is 0 Å². The van der Waals surface area contributed by atoms with Crippen molar-refractivity contribution in [2.24, 2.45) is 0 Å². The van der Waals surface area contributed by atoms with Crippen LogP contribution in [0.1, 0.15) is 156 Å². The molecule has 3 heteroatoms. The first kappa shape index (κ1) is 33.5. The quantitative estimate of drug-likeness (QED) is 0.113. The van der Waals surface area contributed by atoms with Gasteiger partial charge in [-0.25, -0.2) is 0 Å². The van der Waals surface area contributed by atoms with Crippen molar-refractivity contribution in [2.75, 3.05) is 24.6 Å². The van der Waals surface area contributed by atoms with Gasteiger partial charge in [0.25, 0.3) is 0 Å².